The smallest absolute Gasteiger partial charge is 0.254 e. The van der Waals surface area contributed by atoms with E-state index in [0.717, 1.165) is 19.6 Å². The highest BCUT2D eigenvalue weighted by molar-refractivity contribution is 5.88. The van der Waals surface area contributed by atoms with Crippen LogP contribution in [0.5, 0.6) is 0 Å². The summed E-state index contributed by atoms with van der Waals surface area (Å²) in [6.45, 7) is 2.83. The van der Waals surface area contributed by atoms with Crippen molar-refractivity contribution < 1.29 is 9.90 Å². The van der Waals surface area contributed by atoms with E-state index in [9.17, 15) is 9.90 Å². The molecule has 0 bridgehead atoms. The summed E-state index contributed by atoms with van der Waals surface area (Å²) < 4.78 is 0. The molecular formula is C11H18N2O2. The van der Waals surface area contributed by atoms with E-state index in [1.165, 1.54) is 6.42 Å². The Morgan fingerprint density at radius 3 is 2.73 bits per heavy atom. The van der Waals surface area contributed by atoms with Crippen molar-refractivity contribution in [3.8, 4) is 0 Å². The van der Waals surface area contributed by atoms with Crippen LogP contribution in [-0.2, 0) is 4.79 Å². The quantitative estimate of drug-likeness (QED) is 0.645. The first-order valence-corrected chi connectivity index (χ1v) is 5.82. The van der Waals surface area contributed by atoms with Crippen LogP contribution in [0.25, 0.3) is 0 Å². The number of carbonyl (C=O) groups is 1. The summed E-state index contributed by atoms with van der Waals surface area (Å²) >= 11 is 0. The van der Waals surface area contributed by atoms with Gasteiger partial charge in [-0.1, -0.05) is 0 Å². The molecule has 3 fully saturated rings. The molecule has 0 aromatic carbocycles. The number of hydrogen-bond donors (Lipinski definition) is 1. The van der Waals surface area contributed by atoms with Crippen molar-refractivity contribution in [3.05, 3.63) is 0 Å². The Kier molecular flexibility index (Phi) is 1.89. The molecule has 2 atom stereocenters. The molecule has 1 amide bonds. The Labute approximate surface area is 89.8 Å². The first-order valence-electron chi connectivity index (χ1n) is 5.82. The van der Waals surface area contributed by atoms with Crippen molar-refractivity contribution in [1.82, 2.24) is 9.80 Å². The van der Waals surface area contributed by atoms with E-state index < -0.39 is 5.60 Å². The number of aliphatic hydroxyl groups is 1. The van der Waals surface area contributed by atoms with E-state index in [1.54, 1.807) is 0 Å². The van der Waals surface area contributed by atoms with Crippen LogP contribution >= 0.6 is 0 Å². The van der Waals surface area contributed by atoms with Gasteiger partial charge in [-0.3, -0.25) is 4.79 Å². The van der Waals surface area contributed by atoms with Gasteiger partial charge in [0.05, 0.1) is 0 Å². The van der Waals surface area contributed by atoms with Gasteiger partial charge >= 0.3 is 0 Å². The van der Waals surface area contributed by atoms with Crippen molar-refractivity contribution >= 4 is 5.91 Å². The molecule has 1 aliphatic carbocycles. The molecule has 15 heavy (non-hydrogen) atoms. The van der Waals surface area contributed by atoms with Gasteiger partial charge in [0.1, 0.15) is 5.60 Å². The predicted octanol–water partition coefficient (Wildman–Crippen LogP) is -0.326. The van der Waals surface area contributed by atoms with Gasteiger partial charge in [0.25, 0.3) is 5.91 Å². The van der Waals surface area contributed by atoms with Crippen molar-refractivity contribution in [2.75, 3.05) is 26.7 Å². The van der Waals surface area contributed by atoms with Crippen molar-refractivity contribution in [1.29, 1.82) is 0 Å². The van der Waals surface area contributed by atoms with Crippen LogP contribution in [-0.4, -0.2) is 59.1 Å². The van der Waals surface area contributed by atoms with Crippen molar-refractivity contribution in [2.45, 2.75) is 30.9 Å². The fourth-order valence-electron chi connectivity index (χ4n) is 2.96. The van der Waals surface area contributed by atoms with Crippen LogP contribution in [0.2, 0.25) is 0 Å². The Morgan fingerprint density at radius 2 is 2.13 bits per heavy atom. The third-order valence-corrected chi connectivity index (χ3v) is 4.23. The topological polar surface area (TPSA) is 43.8 Å². The lowest BCUT2D eigenvalue weighted by atomic mass is 10.1. The van der Waals surface area contributed by atoms with Crippen LogP contribution in [0.1, 0.15) is 19.3 Å². The van der Waals surface area contributed by atoms with E-state index in [2.05, 4.69) is 11.9 Å². The van der Waals surface area contributed by atoms with Gasteiger partial charge in [-0.25, -0.2) is 0 Å². The second-order valence-corrected chi connectivity index (χ2v) is 5.34. The standard InChI is InChI=1S/C11H18N2O2/c1-12-5-2-8-6-13(7-9(8)12)10(14)11(15)3-4-11/h8-9,15H,2-7H2,1H3. The predicted molar refractivity (Wildman–Crippen MR) is 55.3 cm³/mol. The first-order chi connectivity index (χ1) is 7.10. The number of carbonyl (C=O) groups excluding carboxylic acids is 1. The molecule has 4 nitrogen and oxygen atoms in total. The van der Waals surface area contributed by atoms with Crippen LogP contribution < -0.4 is 0 Å². The molecule has 0 aromatic heterocycles. The van der Waals surface area contributed by atoms with Crippen LogP contribution in [0.15, 0.2) is 0 Å². The lowest BCUT2D eigenvalue weighted by Crippen LogP contribution is -2.41. The normalized spacial score (nSPS) is 38.1. The number of rotatable bonds is 1. The summed E-state index contributed by atoms with van der Waals surface area (Å²) in [5.74, 6) is 0.617. The summed E-state index contributed by atoms with van der Waals surface area (Å²) in [7, 11) is 2.13. The number of hydrogen-bond acceptors (Lipinski definition) is 3. The molecular weight excluding hydrogens is 192 g/mol. The summed E-state index contributed by atoms with van der Waals surface area (Å²) in [5.41, 5.74) is -0.975. The summed E-state index contributed by atoms with van der Waals surface area (Å²) in [6.07, 6.45) is 2.52. The van der Waals surface area contributed by atoms with Gasteiger partial charge < -0.3 is 14.9 Å². The number of fused-ring (bicyclic) bond motifs is 1. The summed E-state index contributed by atoms with van der Waals surface area (Å²) in [4.78, 5) is 16.1. The van der Waals surface area contributed by atoms with Crippen molar-refractivity contribution in [2.24, 2.45) is 5.92 Å². The molecule has 0 spiro atoms. The Bertz CT molecular complexity index is 301. The number of likely N-dealkylation sites (N-methyl/N-ethyl adjacent to an activating group) is 1. The minimum atomic E-state index is -0.975. The molecule has 3 aliphatic rings. The van der Waals surface area contributed by atoms with Gasteiger partial charge in [0.15, 0.2) is 0 Å². The molecule has 0 radical (unpaired) electrons. The molecule has 1 N–H and O–H groups in total. The van der Waals surface area contributed by atoms with E-state index in [1.807, 2.05) is 4.90 Å². The van der Waals surface area contributed by atoms with Crippen molar-refractivity contribution in [3.63, 3.8) is 0 Å². The van der Waals surface area contributed by atoms with Gasteiger partial charge in [-0.05, 0) is 38.8 Å². The average Bonchev–Trinajstić information content (AvgIpc) is 2.71. The summed E-state index contributed by atoms with van der Waals surface area (Å²) in [6, 6.07) is 0.538. The average molecular weight is 210 g/mol. The molecule has 1 saturated carbocycles. The van der Waals surface area contributed by atoms with E-state index in [0.29, 0.717) is 24.8 Å². The molecule has 84 valence electrons. The van der Waals surface area contributed by atoms with E-state index in [4.69, 9.17) is 0 Å². The third kappa shape index (κ3) is 1.39. The van der Waals surface area contributed by atoms with Gasteiger partial charge in [0, 0.05) is 19.1 Å². The first kappa shape index (κ1) is 9.60. The Balaban J connectivity index is 1.69. The highest BCUT2D eigenvalue weighted by atomic mass is 16.3. The fraction of sp³-hybridized carbons (Fsp3) is 0.909. The number of nitrogens with zero attached hydrogens (tertiary/aromatic N) is 2. The van der Waals surface area contributed by atoms with Gasteiger partial charge in [-0.15, -0.1) is 0 Å². The van der Waals surface area contributed by atoms with Gasteiger partial charge in [0.2, 0.25) is 0 Å². The molecule has 2 saturated heterocycles. The highest BCUT2D eigenvalue weighted by Crippen LogP contribution is 2.39. The SMILES string of the molecule is CN1CCC2CN(C(=O)C3(O)CC3)CC21. The Morgan fingerprint density at radius 1 is 1.40 bits per heavy atom. The molecule has 3 rings (SSSR count). The zero-order chi connectivity index (χ0) is 10.6. The monoisotopic (exact) mass is 210 g/mol. The fourth-order valence-corrected chi connectivity index (χ4v) is 2.96. The maximum absolute atomic E-state index is 11.9. The van der Waals surface area contributed by atoms with Crippen LogP contribution in [0, 0.1) is 5.92 Å². The minimum absolute atomic E-state index is 0.0229. The number of likely N-dealkylation sites (tertiary alicyclic amines) is 2. The minimum Gasteiger partial charge on any atom is -0.380 e. The lowest BCUT2D eigenvalue weighted by Gasteiger charge is -2.22. The van der Waals surface area contributed by atoms with Crippen LogP contribution in [0.4, 0.5) is 0 Å². The highest BCUT2D eigenvalue weighted by Gasteiger charge is 2.53. The van der Waals surface area contributed by atoms with Gasteiger partial charge in [-0.2, -0.15) is 0 Å². The van der Waals surface area contributed by atoms with E-state index >= 15 is 0 Å². The van der Waals surface area contributed by atoms with Crippen LogP contribution in [0.3, 0.4) is 0 Å². The van der Waals surface area contributed by atoms with E-state index in [-0.39, 0.29) is 5.91 Å². The molecule has 2 heterocycles. The lowest BCUT2D eigenvalue weighted by molar-refractivity contribution is -0.141. The third-order valence-electron chi connectivity index (χ3n) is 4.23. The Hall–Kier alpha value is -0.610. The molecule has 0 aromatic rings. The molecule has 4 heteroatoms. The second kappa shape index (κ2) is 2.95. The molecule has 2 aliphatic heterocycles. The maximum Gasteiger partial charge on any atom is 0.254 e. The summed E-state index contributed by atoms with van der Waals surface area (Å²) in [5, 5.41) is 9.78. The number of amides is 1. The largest absolute Gasteiger partial charge is 0.380 e. The zero-order valence-corrected chi connectivity index (χ0v) is 9.15. The second-order valence-electron chi connectivity index (χ2n) is 5.34. The zero-order valence-electron chi connectivity index (χ0n) is 9.15. The maximum atomic E-state index is 11.9. The molecule has 2 unspecified atom stereocenters.